The largest absolute Gasteiger partial charge is 0.496 e. The Morgan fingerprint density at radius 3 is 2.44 bits per heavy atom. The van der Waals surface area contributed by atoms with Crippen LogP contribution in [0.2, 0.25) is 0 Å². The van der Waals surface area contributed by atoms with Crippen LogP contribution >= 0.6 is 0 Å². The molecule has 2 aromatic rings. The van der Waals surface area contributed by atoms with Gasteiger partial charge in [-0.25, -0.2) is 9.52 Å². The first-order valence-electron chi connectivity index (χ1n) is 17.4. The van der Waals surface area contributed by atoms with Gasteiger partial charge in [0, 0.05) is 68.9 Å². The first-order chi connectivity index (χ1) is 23.1. The van der Waals surface area contributed by atoms with Gasteiger partial charge in [-0.2, -0.15) is 12.7 Å². The number of fused-ring (bicyclic) bond motifs is 8. The van der Waals surface area contributed by atoms with Crippen LogP contribution < -0.4 is 14.8 Å². The summed E-state index contributed by atoms with van der Waals surface area (Å²) in [5.41, 5.74) is 6.56. The van der Waals surface area contributed by atoms with Gasteiger partial charge in [0.2, 0.25) is 0 Å². The normalized spacial score (nSPS) is 27.1. The van der Waals surface area contributed by atoms with Crippen molar-refractivity contribution < 1.29 is 22.7 Å². The summed E-state index contributed by atoms with van der Waals surface area (Å²) in [7, 11) is 2.66. The van der Waals surface area contributed by atoms with E-state index >= 15 is 0 Å². The van der Waals surface area contributed by atoms with E-state index in [2.05, 4.69) is 61.8 Å². The highest BCUT2D eigenvalue weighted by Gasteiger charge is 2.48. The van der Waals surface area contributed by atoms with Crippen molar-refractivity contribution in [2.75, 3.05) is 41.3 Å². The van der Waals surface area contributed by atoms with Crippen LogP contribution in [0.25, 0.3) is 10.9 Å². The quantitative estimate of drug-likeness (QED) is 0.476. The molecule has 2 unspecified atom stereocenters. The molecule has 2 bridgehead atoms. The molecule has 0 radical (unpaired) electrons. The van der Waals surface area contributed by atoms with E-state index in [4.69, 9.17) is 4.74 Å². The number of aromatic nitrogens is 1. The van der Waals surface area contributed by atoms with Crippen LogP contribution in [0.3, 0.4) is 0 Å². The molecule has 2 saturated heterocycles. The molecule has 48 heavy (non-hydrogen) atoms. The molecule has 11 nitrogen and oxygen atoms in total. The van der Waals surface area contributed by atoms with Crippen molar-refractivity contribution in [1.29, 1.82) is 0 Å². The molecule has 0 spiro atoms. The Balaban J connectivity index is 1.25. The average molecular weight is 675 g/mol. The van der Waals surface area contributed by atoms with E-state index in [0.717, 1.165) is 82.1 Å². The van der Waals surface area contributed by atoms with Gasteiger partial charge in [0.15, 0.2) is 0 Å². The Bertz CT molecular complexity index is 1890. The maximum Gasteiger partial charge on any atom is 0.318 e. The van der Waals surface area contributed by atoms with Crippen LogP contribution in [0.15, 0.2) is 52.6 Å². The SMILES string of the molecule is COc1ccc(C2CCCCC2)c2c1cc1n2CC2=C(C(=O)NS(=O)(=O)N(C)C)C2=C2C=CC[C@@H](NC(=O)N3C4CCC3CN(C)C4)[C@H]21. The summed E-state index contributed by atoms with van der Waals surface area (Å²) in [6.45, 7) is 2.21. The molecular formula is C36H46N6O5S. The number of likely N-dealkylation sites (tertiary alicyclic amines) is 1. The average Bonchev–Trinajstić information content (AvgIpc) is 3.59. The maximum absolute atomic E-state index is 14.1. The molecular weight excluding hydrogens is 628 g/mol. The van der Waals surface area contributed by atoms with Gasteiger partial charge >= 0.3 is 16.2 Å². The van der Waals surface area contributed by atoms with Crippen molar-refractivity contribution in [3.63, 3.8) is 0 Å². The Hall–Kier alpha value is -3.61. The highest BCUT2D eigenvalue weighted by molar-refractivity contribution is 7.87. The van der Waals surface area contributed by atoms with Gasteiger partial charge in [-0.05, 0) is 79.5 Å². The smallest absolute Gasteiger partial charge is 0.318 e. The minimum absolute atomic E-state index is 0.0216. The second-order valence-electron chi connectivity index (χ2n) is 14.7. The van der Waals surface area contributed by atoms with Gasteiger partial charge in [-0.15, -0.1) is 0 Å². The van der Waals surface area contributed by atoms with Gasteiger partial charge in [-0.1, -0.05) is 37.5 Å². The number of methoxy groups -OCH3 is 1. The number of hydrogen-bond donors (Lipinski definition) is 2. The van der Waals surface area contributed by atoms with E-state index in [1.54, 1.807) is 7.11 Å². The van der Waals surface area contributed by atoms with Crippen LogP contribution in [-0.2, 0) is 21.5 Å². The second kappa shape index (κ2) is 11.8. The molecule has 1 aromatic carbocycles. The monoisotopic (exact) mass is 674 g/mol. The fourth-order valence-electron chi connectivity index (χ4n) is 9.35. The third kappa shape index (κ3) is 5.09. The van der Waals surface area contributed by atoms with E-state index in [1.165, 1.54) is 38.9 Å². The van der Waals surface area contributed by atoms with E-state index in [9.17, 15) is 18.0 Å². The number of carbonyl (C=O) groups excluding carboxylic acids is 2. The number of amides is 3. The summed E-state index contributed by atoms with van der Waals surface area (Å²) >= 11 is 0. The Kier molecular flexibility index (Phi) is 7.76. The van der Waals surface area contributed by atoms with E-state index in [0.29, 0.717) is 24.5 Å². The van der Waals surface area contributed by atoms with Crippen molar-refractivity contribution in [2.24, 2.45) is 0 Å². The molecule has 3 aliphatic heterocycles. The zero-order chi connectivity index (χ0) is 33.5. The number of nitrogens with one attached hydrogen (secondary N) is 2. The molecule has 3 amide bonds. The summed E-state index contributed by atoms with van der Waals surface area (Å²) in [6, 6.07) is 6.69. The minimum Gasteiger partial charge on any atom is -0.496 e. The van der Waals surface area contributed by atoms with Crippen LogP contribution in [0.5, 0.6) is 5.75 Å². The summed E-state index contributed by atoms with van der Waals surface area (Å²) in [5, 5.41) is 4.52. The highest BCUT2D eigenvalue weighted by atomic mass is 32.2. The van der Waals surface area contributed by atoms with Crippen molar-refractivity contribution in [2.45, 2.75) is 87.9 Å². The number of hydrogen-bond acceptors (Lipinski definition) is 6. The van der Waals surface area contributed by atoms with Crippen molar-refractivity contribution in [3.05, 3.63) is 63.9 Å². The maximum atomic E-state index is 14.1. The molecule has 1 saturated carbocycles. The molecule has 3 aliphatic carbocycles. The van der Waals surface area contributed by atoms with Crippen LogP contribution in [0.4, 0.5) is 4.79 Å². The molecule has 256 valence electrons. The number of carbonyl (C=O) groups is 2. The molecule has 12 heteroatoms. The fourth-order valence-corrected chi connectivity index (χ4v) is 9.86. The van der Waals surface area contributed by atoms with Crippen LogP contribution in [0.1, 0.15) is 74.5 Å². The lowest BCUT2D eigenvalue weighted by molar-refractivity contribution is -0.115. The van der Waals surface area contributed by atoms with E-state index < -0.39 is 16.1 Å². The number of urea groups is 1. The predicted octanol–water partition coefficient (Wildman–Crippen LogP) is 4.14. The zero-order valence-electron chi connectivity index (χ0n) is 28.3. The number of nitrogens with zero attached hydrogens (tertiary/aromatic N) is 4. The van der Waals surface area contributed by atoms with E-state index in [1.807, 2.05) is 0 Å². The third-order valence-corrected chi connectivity index (χ3v) is 13.0. The first-order valence-corrected chi connectivity index (χ1v) is 18.9. The standard InChI is InChI=1S/C36H46N6O5S/c1-39(2)48(45,46)38-35(43)33-27-20-41-29(17-26-30(47-4)16-15-24(34(26)41)21-9-6-5-7-10-21)32-25(31(27)33)11-8-12-28(32)37-36(44)42-22-13-14-23(42)19-40(3)18-22/h8,11,15-17,21-23,28,32H,5-7,9-10,12-14,18-20H2,1-4H3,(H,37,44)(H,38,43)/t22?,23?,28-,32+/m1/s1. The summed E-state index contributed by atoms with van der Waals surface area (Å²) in [4.78, 5) is 32.1. The first kappa shape index (κ1) is 31.6. The lowest BCUT2D eigenvalue weighted by atomic mass is 9.81. The summed E-state index contributed by atoms with van der Waals surface area (Å²) < 4.78 is 37.0. The molecule has 6 aliphatic rings. The Morgan fingerprint density at radius 1 is 1.02 bits per heavy atom. The highest BCUT2D eigenvalue weighted by Crippen LogP contribution is 2.54. The lowest BCUT2D eigenvalue weighted by Crippen LogP contribution is -2.59. The number of piperazine rings is 1. The zero-order valence-corrected chi connectivity index (χ0v) is 29.1. The third-order valence-electron chi connectivity index (χ3n) is 11.6. The van der Waals surface area contributed by atoms with Crippen LogP contribution in [0, 0.1) is 0 Å². The summed E-state index contributed by atoms with van der Waals surface area (Å²) in [6.07, 6.45) is 12.8. The number of ether oxygens (including phenoxy) is 1. The fraction of sp³-hybridized carbons (Fsp3) is 0.556. The number of allylic oxidation sites excluding steroid dienone is 2. The predicted molar refractivity (Wildman–Crippen MR) is 184 cm³/mol. The minimum atomic E-state index is -3.98. The molecule has 8 rings (SSSR count). The molecule has 2 N–H and O–H groups in total. The van der Waals surface area contributed by atoms with Gasteiger partial charge < -0.3 is 24.4 Å². The Morgan fingerprint density at radius 2 is 1.75 bits per heavy atom. The molecule has 4 heterocycles. The molecule has 4 atom stereocenters. The summed E-state index contributed by atoms with van der Waals surface area (Å²) in [5.74, 6) is 0.385. The van der Waals surface area contributed by atoms with E-state index in [-0.39, 0.29) is 30.1 Å². The topological polar surface area (TPSA) is 116 Å². The van der Waals surface area contributed by atoms with Gasteiger partial charge in [0.25, 0.3) is 5.91 Å². The van der Waals surface area contributed by atoms with Crippen molar-refractivity contribution in [1.82, 2.24) is 28.7 Å². The van der Waals surface area contributed by atoms with Gasteiger partial charge in [-0.3, -0.25) is 4.79 Å². The number of benzene rings is 1. The van der Waals surface area contributed by atoms with Gasteiger partial charge in [0.1, 0.15) is 5.75 Å². The Labute approximate surface area is 282 Å². The molecule has 3 fully saturated rings. The van der Waals surface area contributed by atoms with Crippen LogP contribution in [-0.4, -0.2) is 98.5 Å². The molecule has 1 aromatic heterocycles. The van der Waals surface area contributed by atoms with Crippen molar-refractivity contribution >= 4 is 33.1 Å². The second-order valence-corrected chi connectivity index (χ2v) is 16.6. The van der Waals surface area contributed by atoms with Crippen molar-refractivity contribution in [3.8, 4) is 5.75 Å². The lowest BCUT2D eigenvalue weighted by Gasteiger charge is -2.41. The van der Waals surface area contributed by atoms with Gasteiger partial charge in [0.05, 0.1) is 18.2 Å². The number of rotatable bonds is 6. The number of likely N-dealkylation sites (N-methyl/N-ethyl adjacent to an activating group) is 1.